The number of carbonyl (C=O) groups is 1. The molecule has 2 aromatic rings. The summed E-state index contributed by atoms with van der Waals surface area (Å²) in [6, 6.07) is 17.2. The van der Waals surface area contributed by atoms with E-state index in [1.165, 1.54) is 11.1 Å². The summed E-state index contributed by atoms with van der Waals surface area (Å²) in [4.78, 5) is 20.3. The second-order valence-corrected chi connectivity index (χ2v) is 8.02. The highest BCUT2D eigenvalue weighted by Crippen LogP contribution is 2.20. The minimum Gasteiger partial charge on any atom is -0.336 e. The van der Waals surface area contributed by atoms with Gasteiger partial charge in [0.25, 0.3) is 5.91 Å². The molecule has 0 aliphatic carbocycles. The number of rotatable bonds is 3. The number of hydrogen-bond acceptors (Lipinski definition) is 3. The Morgan fingerprint density at radius 2 is 1.70 bits per heavy atom. The Hall–Kier alpha value is -2.17. The zero-order valence-electron chi connectivity index (χ0n) is 16.4. The minimum absolute atomic E-state index is 0.186. The number of carbonyl (C=O) groups excluding carboxylic acids is 1. The van der Waals surface area contributed by atoms with E-state index in [2.05, 4.69) is 59.0 Å². The second kappa shape index (κ2) is 7.83. The first-order chi connectivity index (χ1) is 13.1. The van der Waals surface area contributed by atoms with Crippen molar-refractivity contribution in [1.29, 1.82) is 0 Å². The third-order valence-electron chi connectivity index (χ3n) is 5.95. The monoisotopic (exact) mass is 363 g/mol. The van der Waals surface area contributed by atoms with E-state index >= 15 is 0 Å². The Kier molecular flexibility index (Phi) is 5.28. The molecule has 0 spiro atoms. The number of nitrogens with zero attached hydrogens (tertiary/aromatic N) is 3. The van der Waals surface area contributed by atoms with Gasteiger partial charge in [0, 0.05) is 50.9 Å². The summed E-state index contributed by atoms with van der Waals surface area (Å²) < 4.78 is 0. The highest BCUT2D eigenvalue weighted by molar-refractivity contribution is 5.96. The molecule has 0 aromatic heterocycles. The zero-order chi connectivity index (χ0) is 18.8. The molecule has 2 aliphatic heterocycles. The summed E-state index contributed by atoms with van der Waals surface area (Å²) in [6.45, 7) is 8.06. The fourth-order valence-electron chi connectivity index (χ4n) is 4.27. The molecule has 0 unspecified atom stereocenters. The quantitative estimate of drug-likeness (QED) is 0.839. The van der Waals surface area contributed by atoms with Crippen molar-refractivity contribution in [2.24, 2.45) is 0 Å². The number of amides is 1. The first-order valence-corrected chi connectivity index (χ1v) is 9.95. The number of fused-ring (bicyclic) bond motifs is 1. The standard InChI is InChI=1S/C23H29N3O/c1-18-7-9-19(10-8-18)15-20-5-3-4-6-22(20)23(27)26-14-13-25-12-11-24(2)16-21(25)17-26/h3-10,21H,11-17H2,1-2H3/t21-/m1/s1. The van der Waals surface area contributed by atoms with Crippen LogP contribution in [0.3, 0.4) is 0 Å². The van der Waals surface area contributed by atoms with Crippen molar-refractivity contribution in [2.75, 3.05) is 46.3 Å². The van der Waals surface area contributed by atoms with Crippen LogP contribution in [0.4, 0.5) is 0 Å². The summed E-state index contributed by atoms with van der Waals surface area (Å²) in [5, 5.41) is 0. The van der Waals surface area contributed by atoms with E-state index in [-0.39, 0.29) is 5.91 Å². The second-order valence-electron chi connectivity index (χ2n) is 8.02. The van der Waals surface area contributed by atoms with E-state index in [9.17, 15) is 4.79 Å². The van der Waals surface area contributed by atoms with Crippen LogP contribution >= 0.6 is 0 Å². The molecule has 4 heteroatoms. The average molecular weight is 364 g/mol. The van der Waals surface area contributed by atoms with Crippen LogP contribution in [0.5, 0.6) is 0 Å². The van der Waals surface area contributed by atoms with Gasteiger partial charge in [-0.05, 0) is 37.6 Å². The predicted octanol–water partition coefficient (Wildman–Crippen LogP) is 2.66. The SMILES string of the molecule is Cc1ccc(Cc2ccccc2C(=O)N2CCN3CCN(C)C[C@@H]3C2)cc1. The van der Waals surface area contributed by atoms with Gasteiger partial charge in [0.05, 0.1) is 0 Å². The number of aryl methyl sites for hydroxylation is 1. The van der Waals surface area contributed by atoms with Crippen LogP contribution in [0.2, 0.25) is 0 Å². The maximum Gasteiger partial charge on any atom is 0.254 e. The maximum absolute atomic E-state index is 13.3. The first-order valence-electron chi connectivity index (χ1n) is 9.95. The van der Waals surface area contributed by atoms with Gasteiger partial charge in [-0.1, -0.05) is 48.0 Å². The number of piperazine rings is 2. The average Bonchev–Trinajstić information content (AvgIpc) is 2.69. The van der Waals surface area contributed by atoms with Crippen LogP contribution < -0.4 is 0 Å². The third-order valence-corrected chi connectivity index (χ3v) is 5.95. The lowest BCUT2D eigenvalue weighted by Gasteiger charge is -2.46. The molecule has 4 rings (SSSR count). The van der Waals surface area contributed by atoms with Gasteiger partial charge in [-0.3, -0.25) is 9.69 Å². The van der Waals surface area contributed by atoms with Crippen molar-refractivity contribution in [3.8, 4) is 0 Å². The fourth-order valence-corrected chi connectivity index (χ4v) is 4.27. The van der Waals surface area contributed by atoms with Crippen LogP contribution in [-0.2, 0) is 6.42 Å². The van der Waals surface area contributed by atoms with Gasteiger partial charge in [0.15, 0.2) is 0 Å². The Morgan fingerprint density at radius 3 is 2.52 bits per heavy atom. The van der Waals surface area contributed by atoms with Crippen LogP contribution in [-0.4, -0.2) is 73.0 Å². The predicted molar refractivity (Wildman–Crippen MR) is 109 cm³/mol. The molecular formula is C23H29N3O. The van der Waals surface area contributed by atoms with Gasteiger partial charge in [0.1, 0.15) is 0 Å². The Balaban J connectivity index is 1.51. The van der Waals surface area contributed by atoms with Crippen LogP contribution in [0.15, 0.2) is 48.5 Å². The van der Waals surface area contributed by atoms with E-state index in [1.807, 2.05) is 18.2 Å². The van der Waals surface area contributed by atoms with Gasteiger partial charge in [-0.15, -0.1) is 0 Å². The Morgan fingerprint density at radius 1 is 0.963 bits per heavy atom. The van der Waals surface area contributed by atoms with Gasteiger partial charge < -0.3 is 9.80 Å². The summed E-state index contributed by atoms with van der Waals surface area (Å²) in [5.74, 6) is 0.186. The molecule has 2 fully saturated rings. The fraction of sp³-hybridized carbons (Fsp3) is 0.435. The molecule has 2 saturated heterocycles. The van der Waals surface area contributed by atoms with E-state index in [0.29, 0.717) is 6.04 Å². The lowest BCUT2D eigenvalue weighted by Crippen LogP contribution is -2.62. The highest BCUT2D eigenvalue weighted by atomic mass is 16.2. The molecule has 0 bridgehead atoms. The van der Waals surface area contributed by atoms with Crippen molar-refractivity contribution in [3.05, 3.63) is 70.8 Å². The smallest absolute Gasteiger partial charge is 0.254 e. The Labute approximate surface area is 162 Å². The summed E-state index contributed by atoms with van der Waals surface area (Å²) in [5.41, 5.74) is 4.49. The number of benzene rings is 2. The highest BCUT2D eigenvalue weighted by Gasteiger charge is 2.33. The molecular weight excluding hydrogens is 334 g/mol. The van der Waals surface area contributed by atoms with Crippen molar-refractivity contribution in [1.82, 2.24) is 14.7 Å². The molecule has 142 valence electrons. The third kappa shape index (κ3) is 4.07. The van der Waals surface area contributed by atoms with Gasteiger partial charge >= 0.3 is 0 Å². The topological polar surface area (TPSA) is 26.8 Å². The molecule has 1 amide bonds. The minimum atomic E-state index is 0.186. The molecule has 0 saturated carbocycles. The van der Waals surface area contributed by atoms with Crippen molar-refractivity contribution >= 4 is 5.91 Å². The summed E-state index contributed by atoms with van der Waals surface area (Å²) in [6.07, 6.45) is 0.800. The first kappa shape index (κ1) is 18.2. The molecule has 4 nitrogen and oxygen atoms in total. The molecule has 0 radical (unpaired) electrons. The van der Waals surface area contributed by atoms with Gasteiger partial charge in [-0.25, -0.2) is 0 Å². The van der Waals surface area contributed by atoms with E-state index in [4.69, 9.17) is 0 Å². The molecule has 0 N–H and O–H groups in total. The normalized spacial score (nSPS) is 21.1. The van der Waals surface area contributed by atoms with Crippen molar-refractivity contribution in [3.63, 3.8) is 0 Å². The van der Waals surface area contributed by atoms with E-state index in [1.54, 1.807) is 0 Å². The van der Waals surface area contributed by atoms with Crippen LogP contribution in [0.1, 0.15) is 27.0 Å². The summed E-state index contributed by atoms with van der Waals surface area (Å²) in [7, 11) is 2.18. The Bertz CT molecular complexity index is 802. The maximum atomic E-state index is 13.3. The molecule has 1 atom stereocenters. The van der Waals surface area contributed by atoms with Crippen molar-refractivity contribution in [2.45, 2.75) is 19.4 Å². The van der Waals surface area contributed by atoms with Gasteiger partial charge in [0.2, 0.25) is 0 Å². The zero-order valence-corrected chi connectivity index (χ0v) is 16.4. The van der Waals surface area contributed by atoms with Crippen LogP contribution in [0, 0.1) is 6.92 Å². The van der Waals surface area contributed by atoms with E-state index < -0.39 is 0 Å². The van der Waals surface area contributed by atoms with E-state index in [0.717, 1.165) is 56.8 Å². The lowest BCUT2D eigenvalue weighted by molar-refractivity contribution is 0.0189. The van der Waals surface area contributed by atoms with Crippen molar-refractivity contribution < 1.29 is 4.79 Å². The molecule has 27 heavy (non-hydrogen) atoms. The summed E-state index contributed by atoms with van der Waals surface area (Å²) >= 11 is 0. The van der Waals surface area contributed by atoms with Gasteiger partial charge in [-0.2, -0.15) is 0 Å². The molecule has 2 aromatic carbocycles. The molecule has 2 aliphatic rings. The number of hydrogen-bond donors (Lipinski definition) is 0. The largest absolute Gasteiger partial charge is 0.336 e. The number of likely N-dealkylation sites (N-methyl/N-ethyl adjacent to an activating group) is 1. The molecule has 2 heterocycles. The van der Waals surface area contributed by atoms with Crippen LogP contribution in [0.25, 0.3) is 0 Å². The lowest BCUT2D eigenvalue weighted by atomic mass is 9.97.